The number of pyridine rings is 1. The van der Waals surface area contributed by atoms with Gasteiger partial charge in [0.05, 0.1) is 6.42 Å². The zero-order valence-corrected chi connectivity index (χ0v) is 6.50. The van der Waals surface area contributed by atoms with Crippen LogP contribution in [0, 0.1) is 0 Å². The third kappa shape index (κ3) is 1.06. The van der Waals surface area contributed by atoms with Gasteiger partial charge in [-0.25, -0.2) is 4.98 Å². The Balaban J connectivity index is 2.41. The van der Waals surface area contributed by atoms with Crippen molar-refractivity contribution in [3.05, 3.63) is 23.4 Å². The van der Waals surface area contributed by atoms with Gasteiger partial charge in [-0.2, -0.15) is 0 Å². The zero-order chi connectivity index (χ0) is 8.55. The van der Waals surface area contributed by atoms with E-state index in [1.165, 1.54) is 0 Å². The number of carbonyl (C=O) groups is 1. The SMILES string of the molecule is NCc1cnc2c(c1)CC(=O)N2. The summed E-state index contributed by atoms with van der Waals surface area (Å²) >= 11 is 0. The van der Waals surface area contributed by atoms with E-state index in [1.807, 2.05) is 6.07 Å². The summed E-state index contributed by atoms with van der Waals surface area (Å²) in [6.45, 7) is 0.467. The molecule has 3 N–H and O–H groups in total. The van der Waals surface area contributed by atoms with E-state index in [0.29, 0.717) is 18.8 Å². The van der Waals surface area contributed by atoms with Crippen LogP contribution in [-0.4, -0.2) is 10.9 Å². The minimum Gasteiger partial charge on any atom is -0.326 e. The number of hydrogen-bond acceptors (Lipinski definition) is 3. The first kappa shape index (κ1) is 7.24. The van der Waals surface area contributed by atoms with Crippen molar-refractivity contribution in [1.29, 1.82) is 0 Å². The highest BCUT2D eigenvalue weighted by atomic mass is 16.1. The monoisotopic (exact) mass is 163 g/mol. The van der Waals surface area contributed by atoms with Gasteiger partial charge < -0.3 is 11.1 Å². The number of hydrogen-bond donors (Lipinski definition) is 2. The summed E-state index contributed by atoms with van der Waals surface area (Å²) in [5.41, 5.74) is 7.34. The molecule has 2 rings (SSSR count). The third-order valence-electron chi connectivity index (χ3n) is 1.87. The fourth-order valence-corrected chi connectivity index (χ4v) is 1.27. The molecule has 12 heavy (non-hydrogen) atoms. The van der Waals surface area contributed by atoms with Gasteiger partial charge in [0.25, 0.3) is 0 Å². The molecule has 1 aromatic heterocycles. The summed E-state index contributed by atoms with van der Waals surface area (Å²) in [6.07, 6.45) is 2.11. The number of nitrogens with two attached hydrogens (primary N) is 1. The predicted octanol–water partition coefficient (Wildman–Crippen LogP) is 0.0349. The molecule has 0 bridgehead atoms. The molecule has 1 amide bonds. The van der Waals surface area contributed by atoms with E-state index in [9.17, 15) is 4.79 Å². The lowest BCUT2D eigenvalue weighted by Gasteiger charge is -1.98. The van der Waals surface area contributed by atoms with Gasteiger partial charge in [0.2, 0.25) is 5.91 Å². The number of rotatable bonds is 1. The average molecular weight is 163 g/mol. The number of fused-ring (bicyclic) bond motifs is 1. The third-order valence-corrected chi connectivity index (χ3v) is 1.87. The number of aromatic nitrogens is 1. The van der Waals surface area contributed by atoms with Crippen LogP contribution in [0.25, 0.3) is 0 Å². The van der Waals surface area contributed by atoms with Gasteiger partial charge in [-0.1, -0.05) is 0 Å². The van der Waals surface area contributed by atoms with Crippen molar-refractivity contribution in [2.75, 3.05) is 5.32 Å². The highest BCUT2D eigenvalue weighted by molar-refractivity contribution is 5.97. The molecule has 0 unspecified atom stereocenters. The summed E-state index contributed by atoms with van der Waals surface area (Å²) in [6, 6.07) is 1.92. The van der Waals surface area contributed by atoms with Crippen molar-refractivity contribution in [2.24, 2.45) is 5.73 Å². The summed E-state index contributed by atoms with van der Waals surface area (Å²) in [7, 11) is 0. The quantitative estimate of drug-likeness (QED) is 0.614. The fraction of sp³-hybridized carbons (Fsp3) is 0.250. The van der Waals surface area contributed by atoms with Gasteiger partial charge >= 0.3 is 0 Å². The summed E-state index contributed by atoms with van der Waals surface area (Å²) < 4.78 is 0. The number of anilines is 1. The summed E-state index contributed by atoms with van der Waals surface area (Å²) in [4.78, 5) is 15.0. The Morgan fingerprint density at radius 3 is 3.25 bits per heavy atom. The lowest BCUT2D eigenvalue weighted by molar-refractivity contribution is -0.115. The highest BCUT2D eigenvalue weighted by Crippen LogP contribution is 2.20. The van der Waals surface area contributed by atoms with Crippen LogP contribution in [0.5, 0.6) is 0 Å². The molecule has 1 aliphatic rings. The van der Waals surface area contributed by atoms with E-state index in [-0.39, 0.29) is 5.91 Å². The first-order valence-electron chi connectivity index (χ1n) is 3.77. The van der Waals surface area contributed by atoms with Crippen LogP contribution in [0.3, 0.4) is 0 Å². The van der Waals surface area contributed by atoms with Gasteiger partial charge in [0, 0.05) is 18.3 Å². The topological polar surface area (TPSA) is 68.0 Å². The van der Waals surface area contributed by atoms with Gasteiger partial charge in [0.15, 0.2) is 0 Å². The van der Waals surface area contributed by atoms with Crippen LogP contribution in [0.15, 0.2) is 12.3 Å². The zero-order valence-electron chi connectivity index (χ0n) is 6.50. The molecule has 62 valence electrons. The molecule has 1 aliphatic heterocycles. The van der Waals surface area contributed by atoms with Crippen LogP contribution < -0.4 is 11.1 Å². The maximum atomic E-state index is 10.9. The normalized spacial score (nSPS) is 14.2. The average Bonchev–Trinajstić information content (AvgIpc) is 2.43. The van der Waals surface area contributed by atoms with Crippen molar-refractivity contribution in [3.8, 4) is 0 Å². The number of nitrogens with zero attached hydrogens (tertiary/aromatic N) is 1. The van der Waals surface area contributed by atoms with Crippen molar-refractivity contribution in [2.45, 2.75) is 13.0 Å². The second kappa shape index (κ2) is 2.57. The molecule has 0 aromatic carbocycles. The Kier molecular flexibility index (Phi) is 1.55. The lowest BCUT2D eigenvalue weighted by atomic mass is 10.2. The molecule has 0 aliphatic carbocycles. The van der Waals surface area contributed by atoms with Gasteiger partial charge in [-0.15, -0.1) is 0 Å². The van der Waals surface area contributed by atoms with Gasteiger partial charge in [-0.05, 0) is 11.6 Å². The first-order chi connectivity index (χ1) is 5.79. The van der Waals surface area contributed by atoms with Crippen molar-refractivity contribution in [1.82, 2.24) is 4.98 Å². The molecular weight excluding hydrogens is 154 g/mol. The Morgan fingerprint density at radius 1 is 1.67 bits per heavy atom. The van der Waals surface area contributed by atoms with Crippen molar-refractivity contribution in [3.63, 3.8) is 0 Å². The summed E-state index contributed by atoms with van der Waals surface area (Å²) in [5.74, 6) is 0.684. The van der Waals surface area contributed by atoms with E-state index in [0.717, 1.165) is 11.1 Å². The second-order valence-electron chi connectivity index (χ2n) is 2.78. The minimum atomic E-state index is 0.00618. The van der Waals surface area contributed by atoms with Crippen molar-refractivity contribution >= 4 is 11.7 Å². The lowest BCUT2D eigenvalue weighted by Crippen LogP contribution is -2.04. The molecule has 0 spiro atoms. The molecule has 0 saturated carbocycles. The van der Waals surface area contributed by atoms with Gasteiger partial charge in [0.1, 0.15) is 5.82 Å². The Bertz CT molecular complexity index is 335. The molecule has 0 atom stereocenters. The fourth-order valence-electron chi connectivity index (χ4n) is 1.27. The number of amides is 1. The van der Waals surface area contributed by atoms with Crippen LogP contribution >= 0.6 is 0 Å². The van der Waals surface area contributed by atoms with E-state index in [1.54, 1.807) is 6.20 Å². The second-order valence-corrected chi connectivity index (χ2v) is 2.78. The first-order valence-corrected chi connectivity index (χ1v) is 3.77. The molecule has 4 heteroatoms. The van der Waals surface area contributed by atoms with Crippen molar-refractivity contribution < 1.29 is 4.79 Å². The smallest absolute Gasteiger partial charge is 0.230 e. The minimum absolute atomic E-state index is 0.00618. The molecule has 4 nitrogen and oxygen atoms in total. The van der Waals surface area contributed by atoms with Crippen LogP contribution in [-0.2, 0) is 17.8 Å². The van der Waals surface area contributed by atoms with Crippen LogP contribution in [0.4, 0.5) is 5.82 Å². The molecule has 0 saturated heterocycles. The molecule has 0 fully saturated rings. The van der Waals surface area contributed by atoms with Crippen LogP contribution in [0.1, 0.15) is 11.1 Å². The van der Waals surface area contributed by atoms with E-state index in [4.69, 9.17) is 5.73 Å². The number of carbonyl (C=O) groups excluding carboxylic acids is 1. The van der Waals surface area contributed by atoms with Gasteiger partial charge in [-0.3, -0.25) is 4.79 Å². The molecule has 2 heterocycles. The summed E-state index contributed by atoms with van der Waals surface area (Å²) in [5, 5.41) is 2.66. The maximum Gasteiger partial charge on any atom is 0.230 e. The van der Waals surface area contributed by atoms with E-state index in [2.05, 4.69) is 10.3 Å². The predicted molar refractivity (Wildman–Crippen MR) is 44.5 cm³/mol. The Labute approximate surface area is 69.8 Å². The van der Waals surface area contributed by atoms with Crippen LogP contribution in [0.2, 0.25) is 0 Å². The molecule has 0 radical (unpaired) electrons. The highest BCUT2D eigenvalue weighted by Gasteiger charge is 2.18. The Hall–Kier alpha value is -1.42. The maximum absolute atomic E-state index is 10.9. The standard InChI is InChI=1S/C8H9N3O/c9-3-5-1-6-2-7(12)11-8(6)10-4-5/h1,4H,2-3,9H2,(H,10,11,12). The Morgan fingerprint density at radius 2 is 2.50 bits per heavy atom. The number of nitrogens with one attached hydrogen (secondary N) is 1. The molecular formula is C8H9N3O. The largest absolute Gasteiger partial charge is 0.326 e. The molecule has 1 aromatic rings. The van der Waals surface area contributed by atoms with E-state index >= 15 is 0 Å². The van der Waals surface area contributed by atoms with E-state index < -0.39 is 0 Å².